The monoisotopic (exact) mass is 305 g/mol. The second kappa shape index (κ2) is 8.13. The lowest BCUT2D eigenvalue weighted by atomic mass is 9.96. The summed E-state index contributed by atoms with van der Waals surface area (Å²) in [5.41, 5.74) is 0.124. The Morgan fingerprint density at radius 3 is 2.77 bits per heavy atom. The Bertz CT molecular complexity index is 485. The van der Waals surface area contributed by atoms with Crippen LogP contribution in [0, 0.1) is 5.92 Å². The van der Waals surface area contributed by atoms with Gasteiger partial charge in [-0.3, -0.25) is 0 Å². The molecule has 22 heavy (non-hydrogen) atoms. The van der Waals surface area contributed by atoms with Crippen molar-refractivity contribution in [3.63, 3.8) is 0 Å². The number of aromatic carboxylic acids is 1. The predicted octanol–water partition coefficient (Wildman–Crippen LogP) is 2.73. The topological polar surface area (TPSA) is 56.7 Å². The first-order chi connectivity index (χ1) is 10.6. The molecule has 5 nitrogen and oxygen atoms in total. The Morgan fingerprint density at radius 2 is 2.14 bits per heavy atom. The normalized spacial score (nSPS) is 16.2. The van der Waals surface area contributed by atoms with Gasteiger partial charge in [0.25, 0.3) is 0 Å². The number of carbonyl (C=O) groups is 1. The first-order valence-electron chi connectivity index (χ1n) is 8.24. The molecular formula is C17H27N3O2. The van der Waals surface area contributed by atoms with Crippen LogP contribution < -0.4 is 4.90 Å². The zero-order valence-electron chi connectivity index (χ0n) is 13.7. The predicted molar refractivity (Wildman–Crippen MR) is 88.5 cm³/mol. The molecule has 5 heteroatoms. The molecule has 2 rings (SSSR count). The van der Waals surface area contributed by atoms with Crippen LogP contribution in [0.5, 0.6) is 0 Å². The van der Waals surface area contributed by atoms with E-state index in [4.69, 9.17) is 5.11 Å². The third-order valence-electron chi connectivity index (χ3n) is 4.36. The summed E-state index contributed by atoms with van der Waals surface area (Å²) >= 11 is 0. The fourth-order valence-electron chi connectivity index (χ4n) is 3.02. The van der Waals surface area contributed by atoms with Crippen molar-refractivity contribution in [2.24, 2.45) is 5.92 Å². The van der Waals surface area contributed by atoms with Gasteiger partial charge in [-0.1, -0.05) is 19.4 Å². The van der Waals surface area contributed by atoms with E-state index in [1.54, 1.807) is 12.1 Å². The molecule has 0 spiro atoms. The number of unbranched alkanes of at least 4 members (excludes halogenated alkanes) is 1. The highest BCUT2D eigenvalue weighted by atomic mass is 16.4. The number of nitrogens with zero attached hydrogens (tertiary/aromatic N) is 3. The van der Waals surface area contributed by atoms with Gasteiger partial charge < -0.3 is 14.9 Å². The number of hydrogen-bond acceptors (Lipinski definition) is 4. The van der Waals surface area contributed by atoms with Crippen LogP contribution >= 0.6 is 0 Å². The lowest BCUT2D eigenvalue weighted by molar-refractivity contribution is 0.0690. The van der Waals surface area contributed by atoms with E-state index in [2.05, 4.69) is 28.8 Å². The highest BCUT2D eigenvalue weighted by Crippen LogP contribution is 2.22. The fraction of sp³-hybridized carbons (Fsp3) is 0.647. The minimum atomic E-state index is -0.964. The molecule has 1 aliphatic heterocycles. The number of rotatable bonds is 7. The first kappa shape index (κ1) is 16.7. The third-order valence-corrected chi connectivity index (χ3v) is 4.36. The molecule has 0 atom stereocenters. The maximum absolute atomic E-state index is 11.0. The Labute approximate surface area is 132 Å². The summed E-state index contributed by atoms with van der Waals surface area (Å²) in [5, 5.41) is 9.03. The van der Waals surface area contributed by atoms with Crippen molar-refractivity contribution in [2.45, 2.75) is 32.6 Å². The molecule has 0 saturated carbocycles. The zero-order valence-corrected chi connectivity index (χ0v) is 13.7. The molecule has 0 bridgehead atoms. The summed E-state index contributed by atoms with van der Waals surface area (Å²) in [4.78, 5) is 19.9. The van der Waals surface area contributed by atoms with E-state index in [9.17, 15) is 4.79 Å². The summed E-state index contributed by atoms with van der Waals surface area (Å²) in [5.74, 6) is 0.563. The standard InChI is InChI=1S/C17H27N3O2/c1-3-4-10-19(2)13-14-8-11-20(12-9-14)16-7-5-6-15(18-16)17(21)22/h5-7,14H,3-4,8-13H2,1-2H3,(H,21,22). The van der Waals surface area contributed by atoms with E-state index in [0.717, 1.165) is 44.2 Å². The van der Waals surface area contributed by atoms with Crippen molar-refractivity contribution in [1.82, 2.24) is 9.88 Å². The van der Waals surface area contributed by atoms with Crippen LogP contribution in [0.1, 0.15) is 43.1 Å². The van der Waals surface area contributed by atoms with Crippen LogP contribution in [0.25, 0.3) is 0 Å². The van der Waals surface area contributed by atoms with Gasteiger partial charge in [0.2, 0.25) is 0 Å². The number of piperidine rings is 1. The highest BCUT2D eigenvalue weighted by molar-refractivity contribution is 5.85. The zero-order chi connectivity index (χ0) is 15.9. The molecule has 1 aromatic heterocycles. The molecule has 0 aliphatic carbocycles. The van der Waals surface area contributed by atoms with Gasteiger partial charge in [-0.05, 0) is 50.9 Å². The maximum atomic E-state index is 11.0. The van der Waals surface area contributed by atoms with Crippen LogP contribution in [-0.2, 0) is 0 Å². The molecule has 0 radical (unpaired) electrons. The van der Waals surface area contributed by atoms with Crippen molar-refractivity contribution < 1.29 is 9.90 Å². The SMILES string of the molecule is CCCCN(C)CC1CCN(c2cccc(C(=O)O)n2)CC1. The molecule has 1 saturated heterocycles. The lowest BCUT2D eigenvalue weighted by Crippen LogP contribution is -2.38. The number of aromatic nitrogens is 1. The Kier molecular flexibility index (Phi) is 6.19. The highest BCUT2D eigenvalue weighted by Gasteiger charge is 2.21. The van der Waals surface area contributed by atoms with Gasteiger partial charge in [-0.25, -0.2) is 9.78 Å². The number of pyridine rings is 1. The van der Waals surface area contributed by atoms with E-state index in [1.807, 2.05) is 6.07 Å². The summed E-state index contributed by atoms with van der Waals surface area (Å²) in [6.07, 6.45) is 4.81. The average Bonchev–Trinajstić information content (AvgIpc) is 2.53. The van der Waals surface area contributed by atoms with Crippen molar-refractivity contribution in [3.05, 3.63) is 23.9 Å². The number of hydrogen-bond donors (Lipinski definition) is 1. The number of carboxylic acid groups (broad SMARTS) is 1. The van der Waals surface area contributed by atoms with Crippen LogP contribution in [0.15, 0.2) is 18.2 Å². The van der Waals surface area contributed by atoms with E-state index < -0.39 is 5.97 Å². The molecule has 122 valence electrons. The smallest absolute Gasteiger partial charge is 0.354 e. The molecule has 2 heterocycles. The number of anilines is 1. The lowest BCUT2D eigenvalue weighted by Gasteiger charge is -2.34. The molecular weight excluding hydrogens is 278 g/mol. The minimum Gasteiger partial charge on any atom is -0.477 e. The first-order valence-corrected chi connectivity index (χ1v) is 8.24. The van der Waals surface area contributed by atoms with Gasteiger partial charge in [0, 0.05) is 19.6 Å². The molecule has 1 aliphatic rings. The summed E-state index contributed by atoms with van der Waals surface area (Å²) < 4.78 is 0. The summed E-state index contributed by atoms with van der Waals surface area (Å²) in [6.45, 7) is 6.49. The average molecular weight is 305 g/mol. The van der Waals surface area contributed by atoms with Crippen molar-refractivity contribution in [2.75, 3.05) is 38.1 Å². The Balaban J connectivity index is 1.84. The Morgan fingerprint density at radius 1 is 1.41 bits per heavy atom. The molecule has 1 aromatic rings. The van der Waals surface area contributed by atoms with Gasteiger partial charge >= 0.3 is 5.97 Å². The van der Waals surface area contributed by atoms with Crippen LogP contribution in [0.2, 0.25) is 0 Å². The molecule has 1 N–H and O–H groups in total. The van der Waals surface area contributed by atoms with Crippen LogP contribution in [0.4, 0.5) is 5.82 Å². The largest absolute Gasteiger partial charge is 0.477 e. The van der Waals surface area contributed by atoms with E-state index in [1.165, 1.54) is 19.4 Å². The van der Waals surface area contributed by atoms with E-state index >= 15 is 0 Å². The van der Waals surface area contributed by atoms with Crippen LogP contribution in [-0.4, -0.2) is 54.2 Å². The molecule has 0 amide bonds. The van der Waals surface area contributed by atoms with Gasteiger partial charge in [0.15, 0.2) is 5.69 Å². The molecule has 0 unspecified atom stereocenters. The van der Waals surface area contributed by atoms with Gasteiger partial charge in [0.1, 0.15) is 5.82 Å². The van der Waals surface area contributed by atoms with Crippen molar-refractivity contribution in [1.29, 1.82) is 0 Å². The van der Waals surface area contributed by atoms with Gasteiger partial charge in [-0.15, -0.1) is 0 Å². The van der Waals surface area contributed by atoms with Gasteiger partial charge in [0.05, 0.1) is 0 Å². The van der Waals surface area contributed by atoms with Crippen molar-refractivity contribution >= 4 is 11.8 Å². The molecule has 1 fully saturated rings. The second-order valence-corrected chi connectivity index (χ2v) is 6.23. The summed E-state index contributed by atoms with van der Waals surface area (Å²) in [7, 11) is 2.21. The van der Waals surface area contributed by atoms with Crippen LogP contribution in [0.3, 0.4) is 0 Å². The Hall–Kier alpha value is -1.62. The minimum absolute atomic E-state index is 0.124. The van der Waals surface area contributed by atoms with Gasteiger partial charge in [-0.2, -0.15) is 0 Å². The number of carboxylic acids is 1. The quantitative estimate of drug-likeness (QED) is 0.839. The maximum Gasteiger partial charge on any atom is 0.354 e. The van der Waals surface area contributed by atoms with E-state index in [-0.39, 0.29) is 5.69 Å². The van der Waals surface area contributed by atoms with Crippen molar-refractivity contribution in [3.8, 4) is 0 Å². The second-order valence-electron chi connectivity index (χ2n) is 6.23. The summed E-state index contributed by atoms with van der Waals surface area (Å²) in [6, 6.07) is 5.22. The fourth-order valence-corrected chi connectivity index (χ4v) is 3.02. The molecule has 0 aromatic carbocycles. The van der Waals surface area contributed by atoms with E-state index in [0.29, 0.717) is 0 Å². The third kappa shape index (κ3) is 4.70.